The largest absolute Gasteiger partial charge is 0.339 e. The normalized spacial score (nSPS) is 20.6. The maximum atomic E-state index is 13.7. The van der Waals surface area contributed by atoms with Crippen molar-refractivity contribution in [3.05, 3.63) is 35.6 Å². The van der Waals surface area contributed by atoms with E-state index in [9.17, 15) is 14.0 Å². The second kappa shape index (κ2) is 6.30. The third kappa shape index (κ3) is 2.96. The highest BCUT2D eigenvalue weighted by Crippen LogP contribution is 2.43. The summed E-state index contributed by atoms with van der Waals surface area (Å²) >= 11 is 0. The topological polar surface area (TPSA) is 40.6 Å². The van der Waals surface area contributed by atoms with Crippen molar-refractivity contribution in [3.63, 3.8) is 0 Å². The summed E-state index contributed by atoms with van der Waals surface area (Å²) in [6.07, 6.45) is 3.55. The molecule has 1 saturated carbocycles. The van der Waals surface area contributed by atoms with Crippen LogP contribution in [0.15, 0.2) is 24.3 Å². The molecule has 0 unspecified atom stereocenters. The minimum absolute atomic E-state index is 0.0535. The third-order valence-corrected chi connectivity index (χ3v) is 5.26. The van der Waals surface area contributed by atoms with Gasteiger partial charge in [-0.05, 0) is 30.5 Å². The molecule has 0 aromatic heterocycles. The molecule has 1 aliphatic carbocycles. The summed E-state index contributed by atoms with van der Waals surface area (Å²) in [5, 5.41) is 0. The van der Waals surface area contributed by atoms with Crippen LogP contribution in [0.25, 0.3) is 0 Å². The van der Waals surface area contributed by atoms with Gasteiger partial charge in [-0.25, -0.2) is 4.39 Å². The van der Waals surface area contributed by atoms with Crippen LogP contribution in [0.3, 0.4) is 0 Å². The fourth-order valence-corrected chi connectivity index (χ4v) is 3.92. The van der Waals surface area contributed by atoms with E-state index in [-0.39, 0.29) is 17.6 Å². The van der Waals surface area contributed by atoms with Gasteiger partial charge in [-0.3, -0.25) is 9.59 Å². The molecule has 1 heterocycles. The number of rotatable bonds is 2. The predicted molar refractivity (Wildman–Crippen MR) is 85.4 cm³/mol. The van der Waals surface area contributed by atoms with Crippen LogP contribution in [0.1, 0.15) is 38.2 Å². The maximum Gasteiger partial charge on any atom is 0.233 e. The SMILES string of the molecule is CC(=O)N1CCN(C(=O)C2(c3cccc(F)c3)CCCC2)CC1. The van der Waals surface area contributed by atoms with Gasteiger partial charge >= 0.3 is 0 Å². The van der Waals surface area contributed by atoms with Crippen molar-refractivity contribution in [2.75, 3.05) is 26.2 Å². The number of amides is 2. The summed E-state index contributed by atoms with van der Waals surface area (Å²) in [4.78, 5) is 28.3. The van der Waals surface area contributed by atoms with Gasteiger partial charge in [-0.2, -0.15) is 0 Å². The average molecular weight is 318 g/mol. The van der Waals surface area contributed by atoms with E-state index in [1.807, 2.05) is 11.0 Å². The Kier molecular flexibility index (Phi) is 4.37. The summed E-state index contributed by atoms with van der Waals surface area (Å²) < 4.78 is 13.7. The second-order valence-electron chi connectivity index (χ2n) is 6.60. The number of piperazine rings is 1. The van der Waals surface area contributed by atoms with Gasteiger partial charge in [0.25, 0.3) is 0 Å². The Hall–Kier alpha value is -1.91. The summed E-state index contributed by atoms with van der Waals surface area (Å²) in [7, 11) is 0. The van der Waals surface area contributed by atoms with Crippen LogP contribution in [0, 0.1) is 5.82 Å². The van der Waals surface area contributed by atoms with Gasteiger partial charge in [-0.15, -0.1) is 0 Å². The number of carbonyl (C=O) groups is 2. The Bertz CT molecular complexity index is 603. The van der Waals surface area contributed by atoms with Crippen LogP contribution in [0.5, 0.6) is 0 Å². The molecule has 4 nitrogen and oxygen atoms in total. The molecule has 5 heteroatoms. The van der Waals surface area contributed by atoms with Crippen molar-refractivity contribution in [2.24, 2.45) is 0 Å². The van der Waals surface area contributed by atoms with Crippen molar-refractivity contribution in [1.82, 2.24) is 9.80 Å². The first-order chi connectivity index (χ1) is 11.0. The van der Waals surface area contributed by atoms with Crippen molar-refractivity contribution in [2.45, 2.75) is 38.0 Å². The molecular formula is C18H23FN2O2. The smallest absolute Gasteiger partial charge is 0.233 e. The number of carbonyl (C=O) groups excluding carboxylic acids is 2. The van der Waals surface area contributed by atoms with Crippen LogP contribution in [-0.4, -0.2) is 47.8 Å². The Balaban J connectivity index is 1.82. The van der Waals surface area contributed by atoms with Gasteiger partial charge < -0.3 is 9.80 Å². The molecule has 1 saturated heterocycles. The molecule has 0 N–H and O–H groups in total. The molecule has 0 bridgehead atoms. The number of hydrogen-bond acceptors (Lipinski definition) is 2. The summed E-state index contributed by atoms with van der Waals surface area (Å²) in [5.41, 5.74) is 0.217. The lowest BCUT2D eigenvalue weighted by atomic mass is 9.77. The predicted octanol–water partition coefficient (Wildman–Crippen LogP) is 2.33. The monoisotopic (exact) mass is 318 g/mol. The minimum atomic E-state index is -0.583. The standard InChI is InChI=1S/C18H23FN2O2/c1-14(22)20-9-11-21(12-10-20)17(23)18(7-2-3-8-18)15-5-4-6-16(19)13-15/h4-6,13H,2-3,7-12H2,1H3. The quantitative estimate of drug-likeness (QED) is 0.840. The summed E-state index contributed by atoms with van der Waals surface area (Å²) in [6.45, 7) is 3.86. The molecule has 0 atom stereocenters. The molecule has 2 aliphatic rings. The van der Waals surface area contributed by atoms with E-state index in [1.54, 1.807) is 17.9 Å². The lowest BCUT2D eigenvalue weighted by molar-refractivity contribution is -0.142. The van der Waals surface area contributed by atoms with Gasteiger partial charge in [-0.1, -0.05) is 25.0 Å². The molecule has 3 rings (SSSR count). The Morgan fingerprint density at radius 2 is 1.65 bits per heavy atom. The minimum Gasteiger partial charge on any atom is -0.339 e. The molecule has 1 aromatic carbocycles. The van der Waals surface area contributed by atoms with Gasteiger partial charge in [0.05, 0.1) is 5.41 Å². The number of hydrogen-bond donors (Lipinski definition) is 0. The Morgan fingerprint density at radius 3 is 2.22 bits per heavy atom. The van der Waals surface area contributed by atoms with Crippen LogP contribution >= 0.6 is 0 Å². The molecule has 124 valence electrons. The van der Waals surface area contributed by atoms with Crippen molar-refractivity contribution in [1.29, 1.82) is 0 Å². The summed E-state index contributed by atoms with van der Waals surface area (Å²) in [5.74, 6) is -0.135. The van der Waals surface area contributed by atoms with Crippen LogP contribution < -0.4 is 0 Å². The number of benzene rings is 1. The zero-order chi connectivity index (χ0) is 16.4. The Morgan fingerprint density at radius 1 is 1.04 bits per heavy atom. The second-order valence-corrected chi connectivity index (χ2v) is 6.60. The van der Waals surface area contributed by atoms with Crippen molar-refractivity contribution < 1.29 is 14.0 Å². The first-order valence-corrected chi connectivity index (χ1v) is 8.34. The molecule has 0 spiro atoms. The fourth-order valence-electron chi connectivity index (χ4n) is 3.92. The van der Waals surface area contributed by atoms with Crippen LogP contribution in [-0.2, 0) is 15.0 Å². The molecule has 2 fully saturated rings. The highest BCUT2D eigenvalue weighted by atomic mass is 19.1. The Labute approximate surface area is 136 Å². The molecule has 0 radical (unpaired) electrons. The fraction of sp³-hybridized carbons (Fsp3) is 0.556. The molecular weight excluding hydrogens is 295 g/mol. The van der Waals surface area contributed by atoms with E-state index in [4.69, 9.17) is 0 Å². The van der Waals surface area contributed by atoms with E-state index in [0.717, 1.165) is 31.2 Å². The van der Waals surface area contributed by atoms with Crippen LogP contribution in [0.2, 0.25) is 0 Å². The van der Waals surface area contributed by atoms with Crippen molar-refractivity contribution >= 4 is 11.8 Å². The molecule has 1 aliphatic heterocycles. The molecule has 23 heavy (non-hydrogen) atoms. The zero-order valence-electron chi connectivity index (χ0n) is 13.6. The van der Waals surface area contributed by atoms with Gasteiger partial charge in [0.2, 0.25) is 11.8 Å². The van der Waals surface area contributed by atoms with E-state index in [0.29, 0.717) is 26.2 Å². The first kappa shape index (κ1) is 16.0. The molecule has 1 aromatic rings. The highest BCUT2D eigenvalue weighted by Gasteiger charge is 2.45. The van der Waals surface area contributed by atoms with E-state index in [2.05, 4.69) is 0 Å². The average Bonchev–Trinajstić information content (AvgIpc) is 3.05. The number of nitrogens with zero attached hydrogens (tertiary/aromatic N) is 2. The van der Waals surface area contributed by atoms with E-state index in [1.165, 1.54) is 12.1 Å². The molecule has 2 amide bonds. The van der Waals surface area contributed by atoms with E-state index >= 15 is 0 Å². The third-order valence-electron chi connectivity index (χ3n) is 5.26. The van der Waals surface area contributed by atoms with Gasteiger partial charge in [0.1, 0.15) is 5.82 Å². The zero-order valence-corrected chi connectivity index (χ0v) is 13.6. The van der Waals surface area contributed by atoms with Crippen molar-refractivity contribution in [3.8, 4) is 0 Å². The van der Waals surface area contributed by atoms with E-state index < -0.39 is 5.41 Å². The van der Waals surface area contributed by atoms with Crippen LogP contribution in [0.4, 0.5) is 4.39 Å². The van der Waals surface area contributed by atoms with Gasteiger partial charge in [0.15, 0.2) is 0 Å². The first-order valence-electron chi connectivity index (χ1n) is 8.34. The lowest BCUT2D eigenvalue weighted by Crippen LogP contribution is -2.54. The maximum absolute atomic E-state index is 13.7. The summed E-state index contributed by atoms with van der Waals surface area (Å²) in [6, 6.07) is 6.49. The highest BCUT2D eigenvalue weighted by molar-refractivity contribution is 5.89. The number of halogens is 1. The lowest BCUT2D eigenvalue weighted by Gasteiger charge is -2.39. The van der Waals surface area contributed by atoms with Gasteiger partial charge in [0, 0.05) is 33.1 Å².